The van der Waals surface area contributed by atoms with Crippen molar-refractivity contribution in [2.75, 3.05) is 13.1 Å². The minimum atomic E-state index is -0.0456. The highest BCUT2D eigenvalue weighted by atomic mass is 32.1. The fraction of sp³-hybridized carbons (Fsp3) is 0.308. The lowest BCUT2D eigenvalue weighted by molar-refractivity contribution is -0.117. The summed E-state index contributed by atoms with van der Waals surface area (Å²) in [6, 6.07) is 18.5. The summed E-state index contributed by atoms with van der Waals surface area (Å²) >= 11 is 1.62. The van der Waals surface area contributed by atoms with Crippen LogP contribution in [0.4, 0.5) is 0 Å². The fourth-order valence-corrected chi connectivity index (χ4v) is 4.44. The van der Waals surface area contributed by atoms with E-state index in [1.807, 2.05) is 48.7 Å². The van der Waals surface area contributed by atoms with Gasteiger partial charge in [0.15, 0.2) is 0 Å². The van der Waals surface area contributed by atoms with Gasteiger partial charge in [0.1, 0.15) is 12.4 Å². The molecule has 0 bridgehead atoms. The minimum Gasteiger partial charge on any atom is -0.487 e. The van der Waals surface area contributed by atoms with Gasteiger partial charge in [0.25, 0.3) is 0 Å². The Bertz CT molecular complexity index is 1040. The predicted octanol–water partition coefficient (Wildman–Crippen LogP) is 4.82. The first-order chi connectivity index (χ1) is 15.6. The molecular weight excluding hydrogens is 418 g/mol. The number of aryl methyl sites for hydroxylation is 1. The molecule has 166 valence electrons. The van der Waals surface area contributed by atoms with Gasteiger partial charge in [0.05, 0.1) is 10.7 Å². The molecule has 1 aliphatic rings. The summed E-state index contributed by atoms with van der Waals surface area (Å²) in [7, 11) is 0. The second kappa shape index (κ2) is 11.1. The molecule has 32 heavy (non-hydrogen) atoms. The normalized spacial score (nSPS) is 15.2. The van der Waals surface area contributed by atoms with E-state index in [4.69, 9.17) is 4.74 Å². The molecule has 0 unspecified atom stereocenters. The summed E-state index contributed by atoms with van der Waals surface area (Å²) in [4.78, 5) is 19.3. The Labute approximate surface area is 193 Å². The van der Waals surface area contributed by atoms with Gasteiger partial charge in [-0.3, -0.25) is 9.69 Å². The van der Waals surface area contributed by atoms with Crippen LogP contribution < -0.4 is 10.1 Å². The summed E-state index contributed by atoms with van der Waals surface area (Å²) in [5.74, 6) is 0.722. The second-order valence-electron chi connectivity index (χ2n) is 8.10. The third-order valence-electron chi connectivity index (χ3n) is 5.52. The Morgan fingerprint density at radius 1 is 1.19 bits per heavy atom. The number of nitrogens with one attached hydrogen (secondary N) is 1. The Kier molecular flexibility index (Phi) is 7.69. The van der Waals surface area contributed by atoms with Gasteiger partial charge in [-0.25, -0.2) is 4.98 Å². The Balaban J connectivity index is 1.21. The molecule has 0 spiro atoms. The number of piperidine rings is 1. The van der Waals surface area contributed by atoms with Gasteiger partial charge in [-0.05, 0) is 49.1 Å². The van der Waals surface area contributed by atoms with E-state index in [1.165, 1.54) is 5.56 Å². The molecule has 0 atom stereocenters. The number of aromatic nitrogens is 1. The third kappa shape index (κ3) is 6.77. The van der Waals surface area contributed by atoms with E-state index >= 15 is 0 Å². The number of ether oxygens (including phenoxy) is 1. The lowest BCUT2D eigenvalue weighted by Gasteiger charge is -2.32. The number of hydrogen-bond donors (Lipinski definition) is 1. The standard InChI is InChI=1S/C26H29N3O2S/c1-20-27-24(19-32-20)18-31-25-9-5-8-21(16-25)10-11-26(30)28-23-12-14-29(15-13-23)17-22-6-3-2-4-7-22/h2-11,16,19,23H,12-15,17-18H2,1H3,(H,28,30)/b11-10+. The van der Waals surface area contributed by atoms with Crippen LogP contribution in [0.3, 0.4) is 0 Å². The minimum absolute atomic E-state index is 0.0456. The van der Waals surface area contributed by atoms with Crippen LogP contribution in [-0.2, 0) is 17.9 Å². The highest BCUT2D eigenvalue weighted by Gasteiger charge is 2.20. The molecule has 5 nitrogen and oxygen atoms in total. The van der Waals surface area contributed by atoms with E-state index in [-0.39, 0.29) is 11.9 Å². The molecule has 1 amide bonds. The van der Waals surface area contributed by atoms with Crippen LogP contribution in [0.1, 0.15) is 34.7 Å². The van der Waals surface area contributed by atoms with Gasteiger partial charge in [-0.1, -0.05) is 42.5 Å². The van der Waals surface area contributed by atoms with Gasteiger partial charge in [0.2, 0.25) is 5.91 Å². The van der Waals surface area contributed by atoms with Crippen molar-refractivity contribution >= 4 is 23.3 Å². The molecule has 2 heterocycles. The van der Waals surface area contributed by atoms with E-state index in [0.29, 0.717) is 6.61 Å². The number of amides is 1. The summed E-state index contributed by atoms with van der Waals surface area (Å²) in [6.07, 6.45) is 5.40. The first-order valence-electron chi connectivity index (χ1n) is 11.0. The highest BCUT2D eigenvalue weighted by molar-refractivity contribution is 7.09. The van der Waals surface area contributed by atoms with Crippen molar-refractivity contribution in [2.24, 2.45) is 0 Å². The van der Waals surface area contributed by atoms with Gasteiger partial charge in [-0.2, -0.15) is 0 Å². The number of carbonyl (C=O) groups excluding carboxylic acids is 1. The Morgan fingerprint density at radius 2 is 2.00 bits per heavy atom. The average molecular weight is 448 g/mol. The molecule has 0 radical (unpaired) electrons. The van der Waals surface area contributed by atoms with Gasteiger partial charge in [0, 0.05) is 37.1 Å². The summed E-state index contributed by atoms with van der Waals surface area (Å²) in [5.41, 5.74) is 3.21. The average Bonchev–Trinajstić information content (AvgIpc) is 3.24. The summed E-state index contributed by atoms with van der Waals surface area (Å²) < 4.78 is 5.83. The maximum absolute atomic E-state index is 12.4. The fourth-order valence-electron chi connectivity index (χ4n) is 3.84. The van der Waals surface area contributed by atoms with Crippen LogP contribution >= 0.6 is 11.3 Å². The number of thiazole rings is 1. The van der Waals surface area contributed by atoms with Crippen molar-refractivity contribution in [1.82, 2.24) is 15.2 Å². The van der Waals surface area contributed by atoms with Crippen molar-refractivity contribution in [2.45, 2.75) is 39.0 Å². The first-order valence-corrected chi connectivity index (χ1v) is 11.9. The summed E-state index contributed by atoms with van der Waals surface area (Å²) in [6.45, 7) is 5.41. The summed E-state index contributed by atoms with van der Waals surface area (Å²) in [5, 5.41) is 6.19. The van der Waals surface area contributed by atoms with E-state index in [2.05, 4.69) is 39.5 Å². The molecule has 6 heteroatoms. The van der Waals surface area contributed by atoms with Crippen molar-refractivity contribution in [3.63, 3.8) is 0 Å². The van der Waals surface area contributed by atoms with E-state index in [1.54, 1.807) is 17.4 Å². The van der Waals surface area contributed by atoms with E-state index in [9.17, 15) is 4.79 Å². The molecule has 0 aliphatic carbocycles. The molecule has 3 aromatic rings. The van der Waals surface area contributed by atoms with Crippen LogP contribution in [0, 0.1) is 6.92 Å². The zero-order valence-corrected chi connectivity index (χ0v) is 19.2. The molecule has 2 aromatic carbocycles. The predicted molar refractivity (Wildman–Crippen MR) is 130 cm³/mol. The molecule has 4 rings (SSSR count). The number of rotatable bonds is 8. The molecule has 1 fully saturated rings. The second-order valence-corrected chi connectivity index (χ2v) is 9.16. The van der Waals surface area contributed by atoms with Crippen LogP contribution in [0.25, 0.3) is 6.08 Å². The Hall–Kier alpha value is -2.96. The molecule has 1 N–H and O–H groups in total. The van der Waals surface area contributed by atoms with E-state index in [0.717, 1.165) is 54.5 Å². The van der Waals surface area contributed by atoms with Crippen molar-refractivity contribution in [3.8, 4) is 5.75 Å². The van der Waals surface area contributed by atoms with Gasteiger partial charge >= 0.3 is 0 Å². The smallest absolute Gasteiger partial charge is 0.244 e. The van der Waals surface area contributed by atoms with Crippen molar-refractivity contribution in [3.05, 3.63) is 87.9 Å². The number of likely N-dealkylation sites (tertiary alicyclic amines) is 1. The molecular formula is C26H29N3O2S. The van der Waals surface area contributed by atoms with Gasteiger partial charge in [-0.15, -0.1) is 11.3 Å². The topological polar surface area (TPSA) is 54.5 Å². The molecule has 1 aromatic heterocycles. The van der Waals surface area contributed by atoms with Crippen LogP contribution in [-0.4, -0.2) is 34.9 Å². The highest BCUT2D eigenvalue weighted by Crippen LogP contribution is 2.18. The lowest BCUT2D eigenvalue weighted by atomic mass is 10.0. The molecule has 0 saturated carbocycles. The maximum Gasteiger partial charge on any atom is 0.244 e. The van der Waals surface area contributed by atoms with Crippen LogP contribution in [0.2, 0.25) is 0 Å². The number of carbonyl (C=O) groups is 1. The number of benzene rings is 2. The van der Waals surface area contributed by atoms with Crippen molar-refractivity contribution < 1.29 is 9.53 Å². The number of hydrogen-bond acceptors (Lipinski definition) is 5. The zero-order valence-electron chi connectivity index (χ0n) is 18.4. The largest absolute Gasteiger partial charge is 0.487 e. The number of nitrogens with zero attached hydrogens (tertiary/aromatic N) is 2. The molecule has 1 saturated heterocycles. The quantitative estimate of drug-likeness (QED) is 0.503. The zero-order chi connectivity index (χ0) is 22.2. The first kappa shape index (κ1) is 22.2. The monoisotopic (exact) mass is 447 g/mol. The third-order valence-corrected chi connectivity index (χ3v) is 6.34. The maximum atomic E-state index is 12.4. The van der Waals surface area contributed by atoms with Crippen LogP contribution in [0.15, 0.2) is 66.1 Å². The Morgan fingerprint density at radius 3 is 2.75 bits per heavy atom. The lowest BCUT2D eigenvalue weighted by Crippen LogP contribution is -2.43. The van der Waals surface area contributed by atoms with Crippen molar-refractivity contribution in [1.29, 1.82) is 0 Å². The SMILES string of the molecule is Cc1nc(COc2cccc(/C=C/C(=O)NC3CCN(Cc4ccccc4)CC3)c2)cs1. The van der Waals surface area contributed by atoms with E-state index < -0.39 is 0 Å². The van der Waals surface area contributed by atoms with Gasteiger partial charge < -0.3 is 10.1 Å². The van der Waals surface area contributed by atoms with Crippen LogP contribution in [0.5, 0.6) is 5.75 Å². The molecule has 1 aliphatic heterocycles.